The number of thiophene rings is 1. The third-order valence-electron chi connectivity index (χ3n) is 4.94. The molecule has 1 aromatic carbocycles. The molecule has 5 heteroatoms. The van der Waals surface area contributed by atoms with Gasteiger partial charge >= 0.3 is 0 Å². The van der Waals surface area contributed by atoms with Gasteiger partial charge in [0.25, 0.3) is 5.91 Å². The number of para-hydroxylation sites is 1. The molecule has 1 heterocycles. The van der Waals surface area contributed by atoms with Gasteiger partial charge in [-0.05, 0) is 54.9 Å². The number of aryl methyl sites for hydroxylation is 2. The van der Waals surface area contributed by atoms with E-state index in [-0.39, 0.29) is 18.4 Å². The summed E-state index contributed by atoms with van der Waals surface area (Å²) in [6.45, 7) is 4.36. The molecule has 1 aliphatic rings. The van der Waals surface area contributed by atoms with Crippen molar-refractivity contribution in [2.45, 2.75) is 39.5 Å². The Morgan fingerprint density at radius 2 is 2.08 bits per heavy atom. The average Bonchev–Trinajstić information content (AvgIpc) is 3.04. The van der Waals surface area contributed by atoms with Crippen LogP contribution < -0.4 is 5.32 Å². The predicted molar refractivity (Wildman–Crippen MR) is 107 cm³/mol. The molecule has 1 aromatic heterocycles. The van der Waals surface area contributed by atoms with E-state index in [0.717, 1.165) is 35.4 Å². The highest BCUT2D eigenvalue weighted by molar-refractivity contribution is 7.14. The molecule has 26 heavy (non-hydrogen) atoms. The molecule has 0 fully saturated rings. The largest absolute Gasteiger partial charge is 0.332 e. The van der Waals surface area contributed by atoms with Crippen molar-refractivity contribution in [3.05, 3.63) is 51.2 Å². The topological polar surface area (TPSA) is 49.4 Å². The number of fused-ring (bicyclic) bond motifs is 1. The molecule has 0 spiro atoms. The van der Waals surface area contributed by atoms with Gasteiger partial charge in [0.05, 0.1) is 11.4 Å². The molecule has 1 aliphatic carbocycles. The van der Waals surface area contributed by atoms with Crippen LogP contribution in [0.25, 0.3) is 0 Å². The van der Waals surface area contributed by atoms with Crippen LogP contribution in [-0.2, 0) is 24.1 Å². The molecule has 0 aliphatic heterocycles. The van der Waals surface area contributed by atoms with Crippen molar-refractivity contribution in [3.8, 4) is 0 Å². The van der Waals surface area contributed by atoms with Crippen LogP contribution in [-0.4, -0.2) is 30.3 Å². The fraction of sp³-hybridized carbons (Fsp3) is 0.429. The minimum absolute atomic E-state index is 0.0514. The van der Waals surface area contributed by atoms with Crippen molar-refractivity contribution in [3.63, 3.8) is 0 Å². The highest BCUT2D eigenvalue weighted by Crippen LogP contribution is 2.32. The first-order valence-electron chi connectivity index (χ1n) is 9.22. The number of amides is 2. The van der Waals surface area contributed by atoms with Crippen molar-refractivity contribution in [2.75, 3.05) is 18.9 Å². The van der Waals surface area contributed by atoms with Crippen LogP contribution in [0.3, 0.4) is 0 Å². The maximum absolute atomic E-state index is 12.7. The number of anilines is 1. The van der Waals surface area contributed by atoms with Gasteiger partial charge in [-0.3, -0.25) is 9.59 Å². The fourth-order valence-corrected chi connectivity index (χ4v) is 4.63. The summed E-state index contributed by atoms with van der Waals surface area (Å²) >= 11 is 1.59. The third-order valence-corrected chi connectivity index (χ3v) is 6.16. The van der Waals surface area contributed by atoms with E-state index < -0.39 is 0 Å². The van der Waals surface area contributed by atoms with Crippen LogP contribution in [0, 0.1) is 5.92 Å². The number of hydrogen-bond donors (Lipinski definition) is 1. The van der Waals surface area contributed by atoms with Crippen molar-refractivity contribution in [1.29, 1.82) is 0 Å². The predicted octanol–water partition coefficient (Wildman–Crippen LogP) is 4.15. The maximum Gasteiger partial charge on any atom is 0.264 e. The normalized spacial score (nSPS) is 16.0. The summed E-state index contributed by atoms with van der Waals surface area (Å²) in [5.41, 5.74) is 3.23. The molecule has 4 nitrogen and oxygen atoms in total. The van der Waals surface area contributed by atoms with E-state index in [2.05, 4.69) is 19.2 Å². The highest BCUT2D eigenvalue weighted by Gasteiger charge is 2.23. The standard InChI is InChI=1S/C21H26N2O2S/c1-4-15-7-5-6-8-17(15)22-20(24)13-23(3)21(25)19-12-16-11-14(2)9-10-18(16)26-19/h5-8,12,14H,4,9-11,13H2,1-3H3,(H,22,24). The van der Waals surface area contributed by atoms with E-state index in [4.69, 9.17) is 0 Å². The number of carbonyl (C=O) groups excluding carboxylic acids is 2. The second kappa shape index (κ2) is 8.04. The lowest BCUT2D eigenvalue weighted by Gasteiger charge is -2.17. The van der Waals surface area contributed by atoms with Gasteiger partial charge in [-0.15, -0.1) is 11.3 Å². The monoisotopic (exact) mass is 370 g/mol. The average molecular weight is 371 g/mol. The zero-order valence-electron chi connectivity index (χ0n) is 15.7. The molecule has 0 saturated carbocycles. The van der Waals surface area contributed by atoms with Gasteiger partial charge in [-0.1, -0.05) is 32.0 Å². The second-order valence-electron chi connectivity index (χ2n) is 7.13. The van der Waals surface area contributed by atoms with E-state index in [1.807, 2.05) is 30.3 Å². The van der Waals surface area contributed by atoms with E-state index in [9.17, 15) is 9.59 Å². The molecular weight excluding hydrogens is 344 g/mol. The van der Waals surface area contributed by atoms with Gasteiger partial charge in [0, 0.05) is 17.6 Å². The molecule has 2 amide bonds. The Bertz CT molecular complexity index is 812. The summed E-state index contributed by atoms with van der Waals surface area (Å²) in [5.74, 6) is 0.440. The summed E-state index contributed by atoms with van der Waals surface area (Å²) in [5, 5.41) is 2.92. The Morgan fingerprint density at radius 3 is 2.85 bits per heavy atom. The minimum Gasteiger partial charge on any atom is -0.332 e. The number of hydrogen-bond acceptors (Lipinski definition) is 3. The Labute approximate surface area is 159 Å². The molecule has 0 radical (unpaired) electrons. The smallest absolute Gasteiger partial charge is 0.264 e. The molecule has 0 bridgehead atoms. The number of carbonyl (C=O) groups is 2. The zero-order chi connectivity index (χ0) is 18.7. The highest BCUT2D eigenvalue weighted by atomic mass is 32.1. The molecule has 2 aromatic rings. The van der Waals surface area contributed by atoms with Gasteiger partial charge in [-0.2, -0.15) is 0 Å². The summed E-state index contributed by atoms with van der Waals surface area (Å²) in [6, 6.07) is 9.79. The van der Waals surface area contributed by atoms with Crippen LogP contribution in [0.15, 0.2) is 30.3 Å². The van der Waals surface area contributed by atoms with Gasteiger partial charge < -0.3 is 10.2 Å². The number of nitrogens with zero attached hydrogens (tertiary/aromatic N) is 1. The Balaban J connectivity index is 1.63. The van der Waals surface area contributed by atoms with Crippen molar-refractivity contribution in [1.82, 2.24) is 4.90 Å². The molecular formula is C21H26N2O2S. The minimum atomic E-state index is -0.170. The first kappa shape index (κ1) is 18.6. The van der Waals surface area contributed by atoms with Gasteiger partial charge in [0.15, 0.2) is 0 Å². The number of nitrogens with one attached hydrogen (secondary N) is 1. The lowest BCUT2D eigenvalue weighted by atomic mass is 9.90. The molecule has 0 saturated heterocycles. The van der Waals surface area contributed by atoms with Crippen molar-refractivity contribution in [2.24, 2.45) is 5.92 Å². The molecule has 1 N–H and O–H groups in total. The van der Waals surface area contributed by atoms with E-state index in [0.29, 0.717) is 5.92 Å². The summed E-state index contributed by atoms with van der Waals surface area (Å²) < 4.78 is 0. The summed E-state index contributed by atoms with van der Waals surface area (Å²) in [7, 11) is 1.69. The number of benzene rings is 1. The third kappa shape index (κ3) is 4.15. The molecule has 1 atom stereocenters. The van der Waals surface area contributed by atoms with Crippen LogP contribution in [0.1, 0.15) is 45.9 Å². The number of likely N-dealkylation sites (N-methyl/N-ethyl adjacent to an activating group) is 1. The Kier molecular flexibility index (Phi) is 5.77. The Morgan fingerprint density at radius 1 is 1.31 bits per heavy atom. The molecule has 3 rings (SSSR count). The van der Waals surface area contributed by atoms with Crippen molar-refractivity contribution < 1.29 is 9.59 Å². The lowest BCUT2D eigenvalue weighted by molar-refractivity contribution is -0.116. The van der Waals surface area contributed by atoms with Crippen LogP contribution >= 0.6 is 11.3 Å². The molecule has 1 unspecified atom stereocenters. The zero-order valence-corrected chi connectivity index (χ0v) is 16.5. The van der Waals surface area contributed by atoms with Crippen LogP contribution in [0.4, 0.5) is 5.69 Å². The van der Waals surface area contributed by atoms with E-state index in [1.54, 1.807) is 18.4 Å². The first-order chi connectivity index (χ1) is 12.5. The van der Waals surface area contributed by atoms with Gasteiger partial charge in [0.2, 0.25) is 5.91 Å². The fourth-order valence-electron chi connectivity index (χ4n) is 3.43. The van der Waals surface area contributed by atoms with Crippen molar-refractivity contribution >= 4 is 28.8 Å². The SMILES string of the molecule is CCc1ccccc1NC(=O)CN(C)C(=O)c1cc2c(s1)CCC(C)C2. The lowest BCUT2D eigenvalue weighted by Crippen LogP contribution is -2.34. The Hall–Kier alpha value is -2.14. The maximum atomic E-state index is 12.7. The first-order valence-corrected chi connectivity index (χ1v) is 10.0. The van der Waals surface area contributed by atoms with E-state index in [1.165, 1.54) is 21.8 Å². The second-order valence-corrected chi connectivity index (χ2v) is 8.26. The van der Waals surface area contributed by atoms with Crippen LogP contribution in [0.5, 0.6) is 0 Å². The quantitative estimate of drug-likeness (QED) is 0.860. The summed E-state index contributed by atoms with van der Waals surface area (Å²) in [6.07, 6.45) is 4.16. The van der Waals surface area contributed by atoms with E-state index >= 15 is 0 Å². The summed E-state index contributed by atoms with van der Waals surface area (Å²) in [4.78, 5) is 28.7. The molecule has 138 valence electrons. The van der Waals surface area contributed by atoms with Gasteiger partial charge in [0.1, 0.15) is 0 Å². The van der Waals surface area contributed by atoms with Gasteiger partial charge in [-0.25, -0.2) is 0 Å². The van der Waals surface area contributed by atoms with Crippen LogP contribution in [0.2, 0.25) is 0 Å². The number of rotatable bonds is 5.